The molecule has 2 fully saturated rings. The number of rotatable bonds is 4. The largest absolute Gasteiger partial charge is 0.335 e. The number of nitrogens with one attached hydrogen (secondary N) is 2. The summed E-state index contributed by atoms with van der Waals surface area (Å²) in [5.41, 5.74) is 0. The van der Waals surface area contributed by atoms with Crippen LogP contribution in [0.2, 0.25) is 0 Å². The molecular formula is C14H27N3O3S. The summed E-state index contributed by atoms with van der Waals surface area (Å²) in [6.45, 7) is 1.83. The molecule has 0 aromatic carbocycles. The molecule has 1 heterocycles. The third-order valence-corrected chi connectivity index (χ3v) is 5.06. The van der Waals surface area contributed by atoms with Crippen molar-refractivity contribution in [2.75, 3.05) is 25.9 Å². The van der Waals surface area contributed by atoms with Crippen molar-refractivity contribution in [3.8, 4) is 0 Å². The second kappa shape index (κ2) is 7.45. The summed E-state index contributed by atoms with van der Waals surface area (Å²) < 4.78 is 24.8. The topological polar surface area (TPSA) is 78.5 Å². The number of hydrogen-bond acceptors (Lipinski definition) is 3. The maximum atomic E-state index is 12.3. The molecule has 0 aromatic rings. The van der Waals surface area contributed by atoms with E-state index < -0.39 is 10.0 Å². The predicted octanol–water partition coefficient (Wildman–Crippen LogP) is 1.29. The predicted molar refractivity (Wildman–Crippen MR) is 82.5 cm³/mol. The SMILES string of the molecule is CS(=O)(=O)NCC1CCCN(C(=O)NC2CCCCC2)C1. The Hall–Kier alpha value is -0.820. The van der Waals surface area contributed by atoms with E-state index in [4.69, 9.17) is 0 Å². The number of likely N-dealkylation sites (tertiary alicyclic amines) is 1. The highest BCUT2D eigenvalue weighted by molar-refractivity contribution is 7.88. The average Bonchev–Trinajstić information content (AvgIpc) is 2.46. The van der Waals surface area contributed by atoms with Crippen molar-refractivity contribution in [1.82, 2.24) is 14.9 Å². The Bertz CT molecular complexity index is 446. The van der Waals surface area contributed by atoms with Crippen molar-refractivity contribution in [2.45, 2.75) is 51.0 Å². The molecule has 0 spiro atoms. The van der Waals surface area contributed by atoms with Crippen molar-refractivity contribution >= 4 is 16.1 Å². The molecule has 2 rings (SSSR count). The first-order valence-electron chi connectivity index (χ1n) is 7.94. The number of urea groups is 1. The Labute approximate surface area is 127 Å². The highest BCUT2D eigenvalue weighted by atomic mass is 32.2. The summed E-state index contributed by atoms with van der Waals surface area (Å²) in [5.74, 6) is 0.214. The van der Waals surface area contributed by atoms with Crippen LogP contribution in [0.15, 0.2) is 0 Å². The van der Waals surface area contributed by atoms with Crippen LogP contribution in [0.5, 0.6) is 0 Å². The van der Waals surface area contributed by atoms with Crippen LogP contribution in [-0.4, -0.2) is 51.3 Å². The smallest absolute Gasteiger partial charge is 0.317 e. The maximum Gasteiger partial charge on any atom is 0.317 e. The van der Waals surface area contributed by atoms with Crippen LogP contribution in [0, 0.1) is 5.92 Å². The van der Waals surface area contributed by atoms with E-state index in [0.29, 0.717) is 19.1 Å². The Kier molecular flexibility index (Phi) is 5.87. The fourth-order valence-electron chi connectivity index (χ4n) is 3.20. The van der Waals surface area contributed by atoms with Gasteiger partial charge in [0.2, 0.25) is 10.0 Å². The van der Waals surface area contributed by atoms with Crippen LogP contribution >= 0.6 is 0 Å². The summed E-state index contributed by atoms with van der Waals surface area (Å²) in [6.07, 6.45) is 8.91. The van der Waals surface area contributed by atoms with E-state index in [1.165, 1.54) is 25.5 Å². The molecule has 0 radical (unpaired) electrons. The van der Waals surface area contributed by atoms with Gasteiger partial charge in [-0.3, -0.25) is 0 Å². The first kappa shape index (κ1) is 16.5. The van der Waals surface area contributed by atoms with Crippen LogP contribution in [0.25, 0.3) is 0 Å². The molecule has 1 unspecified atom stereocenters. The van der Waals surface area contributed by atoms with Crippen molar-refractivity contribution in [2.24, 2.45) is 5.92 Å². The molecule has 6 nitrogen and oxygen atoms in total. The van der Waals surface area contributed by atoms with Gasteiger partial charge < -0.3 is 10.2 Å². The minimum absolute atomic E-state index is 0.0194. The van der Waals surface area contributed by atoms with E-state index in [2.05, 4.69) is 10.0 Å². The van der Waals surface area contributed by atoms with Crippen LogP contribution in [0.3, 0.4) is 0 Å². The normalized spacial score (nSPS) is 24.8. The number of carbonyl (C=O) groups is 1. The van der Waals surface area contributed by atoms with Crippen molar-refractivity contribution in [3.05, 3.63) is 0 Å². The van der Waals surface area contributed by atoms with Crippen molar-refractivity contribution in [1.29, 1.82) is 0 Å². The number of amides is 2. The van der Waals surface area contributed by atoms with Gasteiger partial charge in [-0.1, -0.05) is 19.3 Å². The van der Waals surface area contributed by atoms with E-state index in [1.54, 1.807) is 0 Å². The number of piperidine rings is 1. The van der Waals surface area contributed by atoms with Gasteiger partial charge in [-0.2, -0.15) is 0 Å². The quantitative estimate of drug-likeness (QED) is 0.820. The summed E-state index contributed by atoms with van der Waals surface area (Å²) in [6, 6.07) is 0.340. The Balaban J connectivity index is 1.78. The molecule has 21 heavy (non-hydrogen) atoms. The Morgan fingerprint density at radius 1 is 1.14 bits per heavy atom. The highest BCUT2D eigenvalue weighted by Gasteiger charge is 2.26. The molecule has 0 bridgehead atoms. The van der Waals surface area contributed by atoms with Gasteiger partial charge in [0, 0.05) is 25.7 Å². The average molecular weight is 317 g/mol. The molecule has 122 valence electrons. The van der Waals surface area contributed by atoms with Gasteiger partial charge in [0.15, 0.2) is 0 Å². The van der Waals surface area contributed by atoms with Gasteiger partial charge in [0.25, 0.3) is 0 Å². The third-order valence-electron chi connectivity index (χ3n) is 4.37. The van der Waals surface area contributed by atoms with Gasteiger partial charge in [-0.25, -0.2) is 17.9 Å². The monoisotopic (exact) mass is 317 g/mol. The van der Waals surface area contributed by atoms with E-state index in [1.807, 2.05) is 4.90 Å². The fourth-order valence-corrected chi connectivity index (χ4v) is 3.74. The molecule has 1 aliphatic carbocycles. The zero-order chi connectivity index (χ0) is 15.3. The molecule has 1 saturated heterocycles. The van der Waals surface area contributed by atoms with E-state index in [9.17, 15) is 13.2 Å². The van der Waals surface area contributed by atoms with Gasteiger partial charge in [0.1, 0.15) is 0 Å². The Morgan fingerprint density at radius 3 is 2.52 bits per heavy atom. The first-order chi connectivity index (χ1) is 9.94. The lowest BCUT2D eigenvalue weighted by molar-refractivity contribution is 0.160. The number of sulfonamides is 1. The minimum Gasteiger partial charge on any atom is -0.335 e. The first-order valence-corrected chi connectivity index (χ1v) is 9.83. The summed E-state index contributed by atoms with van der Waals surface area (Å²) >= 11 is 0. The number of carbonyl (C=O) groups excluding carboxylic acids is 1. The number of hydrogen-bond donors (Lipinski definition) is 2. The fraction of sp³-hybridized carbons (Fsp3) is 0.929. The molecule has 2 amide bonds. The molecule has 2 N–H and O–H groups in total. The van der Waals surface area contributed by atoms with E-state index in [-0.39, 0.29) is 11.9 Å². The second-order valence-corrected chi connectivity index (χ2v) is 8.19. The van der Waals surface area contributed by atoms with Crippen molar-refractivity contribution in [3.63, 3.8) is 0 Å². The van der Waals surface area contributed by atoms with Crippen LogP contribution in [0.4, 0.5) is 4.79 Å². The third kappa shape index (κ3) is 5.82. The highest BCUT2D eigenvalue weighted by Crippen LogP contribution is 2.19. The van der Waals surface area contributed by atoms with Crippen LogP contribution in [-0.2, 0) is 10.0 Å². The lowest BCUT2D eigenvalue weighted by atomic mass is 9.95. The second-order valence-electron chi connectivity index (χ2n) is 6.36. The van der Waals surface area contributed by atoms with Gasteiger partial charge >= 0.3 is 6.03 Å². The van der Waals surface area contributed by atoms with Crippen LogP contribution in [0.1, 0.15) is 44.9 Å². The molecule has 1 saturated carbocycles. The minimum atomic E-state index is -3.15. The molecule has 2 aliphatic rings. The number of nitrogens with zero attached hydrogens (tertiary/aromatic N) is 1. The zero-order valence-electron chi connectivity index (χ0n) is 12.8. The van der Waals surface area contributed by atoms with Gasteiger partial charge in [-0.15, -0.1) is 0 Å². The molecule has 1 atom stereocenters. The lowest BCUT2D eigenvalue weighted by Gasteiger charge is -2.34. The standard InChI is InChI=1S/C14H27N3O3S/c1-21(19,20)15-10-12-6-5-9-17(11-12)14(18)16-13-7-3-2-4-8-13/h12-13,15H,2-11H2,1H3,(H,16,18). The van der Waals surface area contributed by atoms with E-state index in [0.717, 1.165) is 32.2 Å². The summed E-state index contributed by atoms with van der Waals surface area (Å²) in [5, 5.41) is 3.13. The molecule has 1 aliphatic heterocycles. The zero-order valence-corrected chi connectivity index (χ0v) is 13.6. The molecule has 0 aromatic heterocycles. The lowest BCUT2D eigenvalue weighted by Crippen LogP contribution is -2.50. The van der Waals surface area contributed by atoms with Crippen molar-refractivity contribution < 1.29 is 13.2 Å². The molecular weight excluding hydrogens is 290 g/mol. The Morgan fingerprint density at radius 2 is 1.86 bits per heavy atom. The summed E-state index contributed by atoms with van der Waals surface area (Å²) in [4.78, 5) is 14.1. The van der Waals surface area contributed by atoms with Crippen LogP contribution < -0.4 is 10.0 Å². The molecule has 7 heteroatoms. The van der Waals surface area contributed by atoms with Gasteiger partial charge in [-0.05, 0) is 31.6 Å². The van der Waals surface area contributed by atoms with E-state index >= 15 is 0 Å². The van der Waals surface area contributed by atoms with Gasteiger partial charge in [0.05, 0.1) is 6.26 Å². The maximum absolute atomic E-state index is 12.3. The summed E-state index contributed by atoms with van der Waals surface area (Å²) in [7, 11) is -3.15.